The van der Waals surface area contributed by atoms with Gasteiger partial charge in [0.25, 0.3) is 0 Å². The Balaban J connectivity index is 1.76. The van der Waals surface area contributed by atoms with Gasteiger partial charge < -0.3 is 15.1 Å². The molecule has 0 bridgehead atoms. The summed E-state index contributed by atoms with van der Waals surface area (Å²) in [6.07, 6.45) is 2.29. The van der Waals surface area contributed by atoms with E-state index in [0.29, 0.717) is 23.5 Å². The van der Waals surface area contributed by atoms with E-state index in [1.54, 1.807) is 0 Å². The zero-order valence-corrected chi connectivity index (χ0v) is 16.2. The quantitative estimate of drug-likeness (QED) is 0.677. The Bertz CT molecular complexity index is 940. The van der Waals surface area contributed by atoms with Gasteiger partial charge in [0, 0.05) is 33.7 Å². The van der Waals surface area contributed by atoms with Crippen LogP contribution in [0.4, 0.5) is 17.5 Å². The van der Waals surface area contributed by atoms with E-state index in [2.05, 4.69) is 32.3 Å². The minimum atomic E-state index is 0.199. The number of fused-ring (bicyclic) bond motifs is 1. The molecule has 0 amide bonds. The Morgan fingerprint density at radius 3 is 2.48 bits per heavy atom. The van der Waals surface area contributed by atoms with Crippen LogP contribution in [0.15, 0.2) is 30.3 Å². The molecule has 0 atom stereocenters. The molecule has 140 valence electrons. The zero-order chi connectivity index (χ0) is 18.8. The van der Waals surface area contributed by atoms with Gasteiger partial charge in [0.1, 0.15) is 0 Å². The molecular formula is C19H22ClN7. The van der Waals surface area contributed by atoms with Gasteiger partial charge in [-0.2, -0.15) is 9.97 Å². The summed E-state index contributed by atoms with van der Waals surface area (Å²) in [6.45, 7) is 2.56. The average Bonchev–Trinajstić information content (AvgIpc) is 3.20. The van der Waals surface area contributed by atoms with Crippen molar-refractivity contribution in [3.63, 3.8) is 0 Å². The Morgan fingerprint density at radius 1 is 1.04 bits per heavy atom. The van der Waals surface area contributed by atoms with Gasteiger partial charge in [-0.3, -0.25) is 0 Å². The number of anilines is 3. The third-order valence-electron chi connectivity index (χ3n) is 4.60. The Kier molecular flexibility index (Phi) is 4.94. The molecule has 4 rings (SSSR count). The van der Waals surface area contributed by atoms with Crippen LogP contribution in [0.5, 0.6) is 0 Å². The minimum absolute atomic E-state index is 0.199. The first-order valence-electron chi connectivity index (χ1n) is 9.07. The van der Waals surface area contributed by atoms with Crippen molar-refractivity contribution >= 4 is 40.2 Å². The van der Waals surface area contributed by atoms with Crippen molar-refractivity contribution in [2.24, 2.45) is 0 Å². The molecule has 27 heavy (non-hydrogen) atoms. The van der Waals surface area contributed by atoms with Crippen LogP contribution >= 0.6 is 11.6 Å². The molecule has 8 heteroatoms. The van der Waals surface area contributed by atoms with Crippen molar-refractivity contribution < 1.29 is 0 Å². The van der Waals surface area contributed by atoms with Gasteiger partial charge in [0.2, 0.25) is 5.28 Å². The number of nitrogens with one attached hydrogen (secondary N) is 1. The van der Waals surface area contributed by atoms with E-state index in [-0.39, 0.29) is 5.28 Å². The molecule has 1 saturated heterocycles. The standard InChI is InChI=1S/C19H22ClN7/c1-26(2)18-16(21-12-13-8-4-3-5-9-13)23-15-14(22-18)17(25-19(20)24-15)27-10-6-7-11-27/h3-5,8-9H,6-7,10-12H2,1-2H3,(H,21,23,24,25). The highest BCUT2D eigenvalue weighted by atomic mass is 35.5. The van der Waals surface area contributed by atoms with Crippen LogP contribution in [0.2, 0.25) is 5.28 Å². The van der Waals surface area contributed by atoms with Crippen molar-refractivity contribution in [1.29, 1.82) is 0 Å². The van der Waals surface area contributed by atoms with Crippen molar-refractivity contribution in [1.82, 2.24) is 19.9 Å². The number of hydrogen-bond donors (Lipinski definition) is 1. The number of nitrogens with zero attached hydrogens (tertiary/aromatic N) is 6. The highest BCUT2D eigenvalue weighted by Crippen LogP contribution is 2.30. The van der Waals surface area contributed by atoms with Gasteiger partial charge >= 0.3 is 0 Å². The third-order valence-corrected chi connectivity index (χ3v) is 4.77. The summed E-state index contributed by atoms with van der Waals surface area (Å²) in [4.78, 5) is 22.5. The largest absolute Gasteiger partial charge is 0.363 e. The average molecular weight is 384 g/mol. The summed E-state index contributed by atoms with van der Waals surface area (Å²) in [7, 11) is 3.91. The molecule has 2 aromatic heterocycles. The summed E-state index contributed by atoms with van der Waals surface area (Å²) < 4.78 is 0. The van der Waals surface area contributed by atoms with Crippen LogP contribution in [0.3, 0.4) is 0 Å². The fourth-order valence-electron chi connectivity index (χ4n) is 3.26. The summed E-state index contributed by atoms with van der Waals surface area (Å²) in [6, 6.07) is 10.2. The van der Waals surface area contributed by atoms with Crippen molar-refractivity contribution in [2.45, 2.75) is 19.4 Å². The predicted octanol–water partition coefficient (Wildman–Crippen LogP) is 3.35. The number of aromatic nitrogens is 4. The van der Waals surface area contributed by atoms with Crippen LogP contribution in [-0.4, -0.2) is 47.1 Å². The van der Waals surface area contributed by atoms with Gasteiger partial charge in [-0.05, 0) is 30.0 Å². The number of hydrogen-bond acceptors (Lipinski definition) is 7. The lowest BCUT2D eigenvalue weighted by Gasteiger charge is -2.21. The molecule has 1 aliphatic rings. The molecule has 0 unspecified atom stereocenters. The van der Waals surface area contributed by atoms with Crippen molar-refractivity contribution in [3.05, 3.63) is 41.2 Å². The van der Waals surface area contributed by atoms with Gasteiger partial charge in [0.15, 0.2) is 28.6 Å². The Morgan fingerprint density at radius 2 is 1.78 bits per heavy atom. The van der Waals surface area contributed by atoms with E-state index in [1.165, 1.54) is 5.56 Å². The monoisotopic (exact) mass is 383 g/mol. The van der Waals surface area contributed by atoms with Gasteiger partial charge in [-0.15, -0.1) is 0 Å². The Labute approximate surface area is 163 Å². The molecule has 1 fully saturated rings. The van der Waals surface area contributed by atoms with Crippen LogP contribution < -0.4 is 15.1 Å². The highest BCUT2D eigenvalue weighted by molar-refractivity contribution is 6.28. The summed E-state index contributed by atoms with van der Waals surface area (Å²) in [5, 5.41) is 3.58. The first-order chi connectivity index (χ1) is 13.1. The van der Waals surface area contributed by atoms with E-state index in [1.807, 2.05) is 37.2 Å². The van der Waals surface area contributed by atoms with Crippen LogP contribution in [0.25, 0.3) is 11.2 Å². The maximum absolute atomic E-state index is 6.18. The molecule has 3 heterocycles. The normalized spacial score (nSPS) is 14.0. The van der Waals surface area contributed by atoms with E-state index in [4.69, 9.17) is 21.6 Å². The van der Waals surface area contributed by atoms with Crippen LogP contribution in [-0.2, 0) is 6.54 Å². The van der Waals surface area contributed by atoms with E-state index < -0.39 is 0 Å². The molecule has 3 aromatic rings. The fraction of sp³-hybridized carbons (Fsp3) is 0.368. The lowest BCUT2D eigenvalue weighted by atomic mass is 10.2. The second-order valence-electron chi connectivity index (χ2n) is 6.81. The topological polar surface area (TPSA) is 70.1 Å². The molecule has 7 nitrogen and oxygen atoms in total. The van der Waals surface area contributed by atoms with Gasteiger partial charge in [-0.25, -0.2) is 9.97 Å². The molecule has 0 saturated carbocycles. The number of benzene rings is 1. The molecule has 1 aromatic carbocycles. The minimum Gasteiger partial charge on any atom is -0.363 e. The molecule has 0 spiro atoms. The molecular weight excluding hydrogens is 362 g/mol. The second-order valence-corrected chi connectivity index (χ2v) is 7.15. The van der Waals surface area contributed by atoms with Crippen LogP contribution in [0, 0.1) is 0 Å². The molecule has 0 radical (unpaired) electrons. The van der Waals surface area contributed by atoms with E-state index in [0.717, 1.165) is 37.6 Å². The SMILES string of the molecule is CN(C)c1nc2c(N3CCCC3)nc(Cl)nc2nc1NCc1ccccc1. The molecule has 0 aliphatic carbocycles. The number of halogens is 1. The number of rotatable bonds is 5. The lowest BCUT2D eigenvalue weighted by molar-refractivity contribution is 0.930. The van der Waals surface area contributed by atoms with Crippen molar-refractivity contribution in [3.8, 4) is 0 Å². The summed E-state index contributed by atoms with van der Waals surface area (Å²) in [5.41, 5.74) is 2.37. The van der Waals surface area contributed by atoms with Crippen LogP contribution in [0.1, 0.15) is 18.4 Å². The van der Waals surface area contributed by atoms with Crippen molar-refractivity contribution in [2.75, 3.05) is 42.3 Å². The maximum atomic E-state index is 6.18. The smallest absolute Gasteiger partial charge is 0.226 e. The molecule has 1 N–H and O–H groups in total. The maximum Gasteiger partial charge on any atom is 0.226 e. The summed E-state index contributed by atoms with van der Waals surface area (Å²) >= 11 is 6.18. The predicted molar refractivity (Wildman–Crippen MR) is 110 cm³/mol. The lowest BCUT2D eigenvalue weighted by Crippen LogP contribution is -2.21. The first kappa shape index (κ1) is 17.7. The first-order valence-corrected chi connectivity index (χ1v) is 9.45. The molecule has 1 aliphatic heterocycles. The fourth-order valence-corrected chi connectivity index (χ4v) is 3.42. The summed E-state index contributed by atoms with van der Waals surface area (Å²) in [5.74, 6) is 2.20. The Hall–Kier alpha value is -2.67. The van der Waals surface area contributed by atoms with Gasteiger partial charge in [0.05, 0.1) is 0 Å². The van der Waals surface area contributed by atoms with Gasteiger partial charge in [-0.1, -0.05) is 30.3 Å². The van der Waals surface area contributed by atoms with E-state index in [9.17, 15) is 0 Å². The third kappa shape index (κ3) is 3.73. The highest BCUT2D eigenvalue weighted by Gasteiger charge is 2.22. The zero-order valence-electron chi connectivity index (χ0n) is 15.5. The second kappa shape index (κ2) is 7.52. The van der Waals surface area contributed by atoms with E-state index >= 15 is 0 Å².